The zero-order valence-electron chi connectivity index (χ0n) is 11.0. The van der Waals surface area contributed by atoms with Crippen LogP contribution in [0.15, 0.2) is 11.1 Å². The highest BCUT2D eigenvalue weighted by molar-refractivity contribution is 8.00. The number of fused-ring (bicyclic) bond motifs is 1. The molecule has 5 heteroatoms. The molecule has 0 aliphatic carbocycles. The Balaban J connectivity index is 2.44. The molecule has 0 saturated carbocycles. The van der Waals surface area contributed by atoms with Crippen molar-refractivity contribution >= 4 is 44.9 Å². The van der Waals surface area contributed by atoms with Crippen LogP contribution in [0.1, 0.15) is 32.6 Å². The Labute approximate surface area is 121 Å². The molecule has 2 aromatic rings. The molecule has 0 saturated heterocycles. The van der Waals surface area contributed by atoms with Crippen molar-refractivity contribution in [1.29, 1.82) is 0 Å². The van der Waals surface area contributed by atoms with E-state index in [0.29, 0.717) is 16.5 Å². The lowest BCUT2D eigenvalue weighted by Crippen LogP contribution is -2.06. The Hall–Kier alpha value is -0.320. The maximum Gasteiger partial charge on any atom is 0.224 e. The van der Waals surface area contributed by atoms with Crippen molar-refractivity contribution in [2.75, 3.05) is 0 Å². The summed E-state index contributed by atoms with van der Waals surface area (Å²) in [7, 11) is 0. The first-order valence-electron chi connectivity index (χ1n) is 6.13. The molecule has 0 radical (unpaired) electrons. The van der Waals surface area contributed by atoms with Gasteiger partial charge in [-0.3, -0.25) is 0 Å². The summed E-state index contributed by atoms with van der Waals surface area (Å²) in [5, 5.41) is 3.04. The number of aryl methyl sites for hydroxylation is 1. The zero-order chi connectivity index (χ0) is 13.3. The van der Waals surface area contributed by atoms with E-state index in [1.54, 1.807) is 23.1 Å². The predicted molar refractivity (Wildman–Crippen MR) is 82.0 cm³/mol. The molecule has 0 fully saturated rings. The summed E-state index contributed by atoms with van der Waals surface area (Å²) < 4.78 is 0. The molecule has 2 heterocycles. The molecule has 0 amide bonds. The van der Waals surface area contributed by atoms with E-state index in [-0.39, 0.29) is 0 Å². The Kier molecular flexibility index (Phi) is 4.51. The van der Waals surface area contributed by atoms with Crippen LogP contribution in [0.3, 0.4) is 0 Å². The lowest BCUT2D eigenvalue weighted by atomic mass is 10.2. The van der Waals surface area contributed by atoms with Crippen molar-refractivity contribution in [3.8, 4) is 0 Å². The maximum atomic E-state index is 6.01. The molecule has 18 heavy (non-hydrogen) atoms. The maximum absolute atomic E-state index is 6.01. The average molecular weight is 301 g/mol. The monoisotopic (exact) mass is 300 g/mol. The first kappa shape index (κ1) is 14.1. The van der Waals surface area contributed by atoms with Crippen LogP contribution in [0, 0.1) is 5.92 Å². The predicted octanol–water partition coefficient (Wildman–Crippen LogP) is 5.04. The molecular formula is C13H17ClN2S2. The fourth-order valence-corrected chi connectivity index (χ4v) is 3.84. The van der Waals surface area contributed by atoms with Crippen LogP contribution in [0.25, 0.3) is 10.2 Å². The lowest BCUT2D eigenvalue weighted by Gasteiger charge is -2.14. The number of rotatable bonds is 4. The van der Waals surface area contributed by atoms with Crippen LogP contribution in [-0.2, 0) is 6.42 Å². The number of hydrogen-bond donors (Lipinski definition) is 0. The van der Waals surface area contributed by atoms with Gasteiger partial charge in [0.25, 0.3) is 0 Å². The van der Waals surface area contributed by atoms with E-state index >= 15 is 0 Å². The molecule has 0 N–H and O–H groups in total. The molecule has 98 valence electrons. The van der Waals surface area contributed by atoms with Gasteiger partial charge in [-0.2, -0.15) is 0 Å². The minimum atomic E-state index is 0.352. The highest BCUT2D eigenvalue weighted by Crippen LogP contribution is 2.35. The van der Waals surface area contributed by atoms with Crippen LogP contribution >= 0.6 is 34.7 Å². The first-order chi connectivity index (χ1) is 8.51. The fourth-order valence-electron chi connectivity index (χ4n) is 1.50. The van der Waals surface area contributed by atoms with Crippen molar-refractivity contribution in [2.45, 2.75) is 44.4 Å². The van der Waals surface area contributed by atoms with Crippen molar-refractivity contribution in [3.05, 3.63) is 16.2 Å². The SMILES string of the molecule is CCc1cc2c(SC(C)C(C)C)nc(Cl)nc2s1. The van der Waals surface area contributed by atoms with Gasteiger partial charge in [-0.1, -0.05) is 27.7 Å². The molecule has 0 bridgehead atoms. The molecule has 0 aliphatic rings. The molecule has 1 unspecified atom stereocenters. The van der Waals surface area contributed by atoms with Gasteiger partial charge in [-0.05, 0) is 30.0 Å². The summed E-state index contributed by atoms with van der Waals surface area (Å²) in [6, 6.07) is 2.20. The quantitative estimate of drug-likeness (QED) is 0.449. The Morgan fingerprint density at radius 1 is 1.33 bits per heavy atom. The van der Waals surface area contributed by atoms with Gasteiger partial charge in [0.2, 0.25) is 5.28 Å². The van der Waals surface area contributed by atoms with Crippen LogP contribution in [0.2, 0.25) is 5.28 Å². The summed E-state index contributed by atoms with van der Waals surface area (Å²) in [5.74, 6) is 0.614. The van der Waals surface area contributed by atoms with Crippen LogP contribution in [0.5, 0.6) is 0 Å². The van der Waals surface area contributed by atoms with Crippen molar-refractivity contribution < 1.29 is 0 Å². The molecule has 0 spiro atoms. The summed E-state index contributed by atoms with van der Waals surface area (Å²) >= 11 is 9.51. The molecule has 0 aromatic carbocycles. The minimum Gasteiger partial charge on any atom is -0.211 e. The third kappa shape index (κ3) is 2.98. The van der Waals surface area contributed by atoms with E-state index in [4.69, 9.17) is 11.6 Å². The van der Waals surface area contributed by atoms with E-state index in [2.05, 4.69) is 43.7 Å². The van der Waals surface area contributed by atoms with Crippen LogP contribution in [0.4, 0.5) is 0 Å². The van der Waals surface area contributed by atoms with Gasteiger partial charge < -0.3 is 0 Å². The van der Waals surface area contributed by atoms with Gasteiger partial charge >= 0.3 is 0 Å². The van der Waals surface area contributed by atoms with Gasteiger partial charge in [-0.25, -0.2) is 9.97 Å². The summed E-state index contributed by atoms with van der Waals surface area (Å²) in [5.41, 5.74) is 0. The molecule has 0 aliphatic heterocycles. The van der Waals surface area contributed by atoms with Crippen LogP contribution < -0.4 is 0 Å². The van der Waals surface area contributed by atoms with Crippen molar-refractivity contribution in [3.63, 3.8) is 0 Å². The number of halogens is 1. The van der Waals surface area contributed by atoms with Gasteiger partial charge in [0.15, 0.2) is 0 Å². The first-order valence-corrected chi connectivity index (χ1v) is 8.21. The minimum absolute atomic E-state index is 0.352. The van der Waals surface area contributed by atoms with Gasteiger partial charge in [0.1, 0.15) is 9.86 Å². The van der Waals surface area contributed by atoms with Gasteiger partial charge in [0.05, 0.1) is 0 Å². The Morgan fingerprint density at radius 3 is 2.67 bits per heavy atom. The van der Waals surface area contributed by atoms with Gasteiger partial charge in [-0.15, -0.1) is 23.1 Å². The topological polar surface area (TPSA) is 25.8 Å². The van der Waals surface area contributed by atoms with Crippen LogP contribution in [-0.4, -0.2) is 15.2 Å². The Morgan fingerprint density at radius 2 is 2.06 bits per heavy atom. The number of thioether (sulfide) groups is 1. The van der Waals surface area contributed by atoms with E-state index in [0.717, 1.165) is 21.7 Å². The average Bonchev–Trinajstić information content (AvgIpc) is 2.71. The highest BCUT2D eigenvalue weighted by Gasteiger charge is 2.15. The van der Waals surface area contributed by atoms with E-state index in [1.165, 1.54) is 4.88 Å². The largest absolute Gasteiger partial charge is 0.224 e. The number of hydrogen-bond acceptors (Lipinski definition) is 4. The lowest BCUT2D eigenvalue weighted by molar-refractivity contribution is 0.641. The second kappa shape index (κ2) is 5.76. The third-order valence-corrected chi connectivity index (χ3v) is 5.76. The van der Waals surface area contributed by atoms with Gasteiger partial charge in [0, 0.05) is 15.5 Å². The van der Waals surface area contributed by atoms with E-state index < -0.39 is 0 Å². The number of aromatic nitrogens is 2. The molecule has 2 nitrogen and oxygen atoms in total. The Bertz CT molecular complexity index is 551. The molecule has 2 aromatic heterocycles. The smallest absolute Gasteiger partial charge is 0.211 e. The number of thiophene rings is 1. The number of nitrogens with zero attached hydrogens (tertiary/aromatic N) is 2. The van der Waals surface area contributed by atoms with Crippen molar-refractivity contribution in [2.24, 2.45) is 5.92 Å². The van der Waals surface area contributed by atoms with E-state index in [1.807, 2.05) is 0 Å². The summed E-state index contributed by atoms with van der Waals surface area (Å²) in [4.78, 5) is 11.1. The van der Waals surface area contributed by atoms with Crippen molar-refractivity contribution in [1.82, 2.24) is 9.97 Å². The zero-order valence-corrected chi connectivity index (χ0v) is 13.4. The second-order valence-electron chi connectivity index (χ2n) is 4.65. The molecule has 2 rings (SSSR count). The highest BCUT2D eigenvalue weighted by atomic mass is 35.5. The molecular weight excluding hydrogens is 284 g/mol. The third-order valence-electron chi connectivity index (χ3n) is 2.97. The second-order valence-corrected chi connectivity index (χ2v) is 7.47. The molecule has 1 atom stereocenters. The standard InChI is InChI=1S/C13H17ClN2S2/c1-5-9-6-10-11(17-8(4)7(2)3)15-13(14)16-12(10)18-9/h6-8H,5H2,1-4H3. The normalized spacial score (nSPS) is 13.4. The summed E-state index contributed by atoms with van der Waals surface area (Å²) in [6.07, 6.45) is 1.03. The summed E-state index contributed by atoms with van der Waals surface area (Å²) in [6.45, 7) is 8.83. The van der Waals surface area contributed by atoms with E-state index in [9.17, 15) is 0 Å². The fraction of sp³-hybridized carbons (Fsp3) is 0.538.